The Hall–Kier alpha value is -2.90. The van der Waals surface area contributed by atoms with Crippen molar-refractivity contribution in [3.63, 3.8) is 0 Å². The van der Waals surface area contributed by atoms with E-state index in [9.17, 15) is 9.90 Å². The number of ether oxygens (including phenoxy) is 1. The molecule has 3 aromatic rings. The molecule has 0 radical (unpaired) electrons. The second-order valence-corrected chi connectivity index (χ2v) is 8.39. The number of H-pyrrole nitrogens is 1. The number of nitrogens with zero attached hydrogens (tertiary/aromatic N) is 3. The van der Waals surface area contributed by atoms with E-state index in [0.717, 1.165) is 64.2 Å². The molecular formula is C24H30N4O3. The summed E-state index contributed by atoms with van der Waals surface area (Å²) >= 11 is 0. The lowest BCUT2D eigenvalue weighted by Crippen LogP contribution is -2.49. The predicted molar refractivity (Wildman–Crippen MR) is 121 cm³/mol. The van der Waals surface area contributed by atoms with E-state index in [1.165, 1.54) is 0 Å². The van der Waals surface area contributed by atoms with Gasteiger partial charge in [0.15, 0.2) is 0 Å². The normalized spacial score (nSPS) is 16.5. The van der Waals surface area contributed by atoms with Crippen molar-refractivity contribution >= 4 is 16.9 Å². The largest absolute Gasteiger partial charge is 0.496 e. The number of nitrogens with one attached hydrogen (secondary N) is 1. The van der Waals surface area contributed by atoms with Crippen LogP contribution in [0.4, 0.5) is 0 Å². The number of hydrogen-bond donors (Lipinski definition) is 2. The Bertz CT molecular complexity index is 1100. The molecule has 1 aliphatic heterocycles. The number of aliphatic carboxylic acids is 1. The maximum absolute atomic E-state index is 12.3. The van der Waals surface area contributed by atoms with E-state index < -0.39 is 12.0 Å². The van der Waals surface area contributed by atoms with Gasteiger partial charge in [-0.15, -0.1) is 0 Å². The molecule has 2 aromatic heterocycles. The van der Waals surface area contributed by atoms with Gasteiger partial charge in [0, 0.05) is 72.7 Å². The Morgan fingerprint density at radius 3 is 2.65 bits per heavy atom. The zero-order valence-corrected chi connectivity index (χ0v) is 18.6. The molecule has 0 saturated carbocycles. The summed E-state index contributed by atoms with van der Waals surface area (Å²) in [4.78, 5) is 24.5. The molecule has 1 fully saturated rings. The molecule has 0 unspecified atom stereocenters. The zero-order valence-electron chi connectivity index (χ0n) is 18.6. The van der Waals surface area contributed by atoms with Crippen LogP contribution in [0.3, 0.4) is 0 Å². The van der Waals surface area contributed by atoms with Gasteiger partial charge in [0.2, 0.25) is 0 Å². The van der Waals surface area contributed by atoms with Gasteiger partial charge in [0.25, 0.3) is 0 Å². The van der Waals surface area contributed by atoms with Crippen LogP contribution in [-0.4, -0.2) is 64.1 Å². The minimum atomic E-state index is -0.809. The summed E-state index contributed by atoms with van der Waals surface area (Å²) in [6.07, 6.45) is 3.71. The van der Waals surface area contributed by atoms with E-state index in [2.05, 4.69) is 25.8 Å². The number of benzene rings is 1. The first-order valence-corrected chi connectivity index (χ1v) is 10.6. The van der Waals surface area contributed by atoms with Crippen molar-refractivity contribution in [3.05, 3.63) is 58.5 Å². The van der Waals surface area contributed by atoms with Crippen LogP contribution in [0.5, 0.6) is 5.75 Å². The molecule has 1 saturated heterocycles. The molecule has 4 rings (SSSR count). The highest BCUT2D eigenvalue weighted by molar-refractivity contribution is 5.89. The van der Waals surface area contributed by atoms with E-state index in [1.54, 1.807) is 7.11 Å². The highest BCUT2D eigenvalue weighted by Crippen LogP contribution is 2.31. The highest BCUT2D eigenvalue weighted by atomic mass is 16.5. The van der Waals surface area contributed by atoms with Gasteiger partial charge in [-0.1, -0.05) is 11.6 Å². The maximum atomic E-state index is 12.3. The molecule has 2 N–H and O–H groups in total. The van der Waals surface area contributed by atoms with E-state index in [4.69, 9.17) is 4.74 Å². The highest BCUT2D eigenvalue weighted by Gasteiger charge is 2.32. The Morgan fingerprint density at radius 1 is 1.23 bits per heavy atom. The number of carbonyl (C=O) groups is 1. The minimum Gasteiger partial charge on any atom is -0.496 e. The average Bonchev–Trinajstić information content (AvgIpc) is 3.14. The molecule has 31 heavy (non-hydrogen) atoms. The van der Waals surface area contributed by atoms with E-state index >= 15 is 0 Å². The lowest BCUT2D eigenvalue weighted by molar-refractivity contribution is -0.144. The molecule has 164 valence electrons. The van der Waals surface area contributed by atoms with Gasteiger partial charge < -0.3 is 14.8 Å². The lowest BCUT2D eigenvalue weighted by atomic mass is 10.0. The van der Waals surface area contributed by atoms with Gasteiger partial charge in [0.1, 0.15) is 11.8 Å². The molecule has 7 heteroatoms. The lowest BCUT2D eigenvalue weighted by Gasteiger charge is -2.37. The van der Waals surface area contributed by atoms with Crippen molar-refractivity contribution < 1.29 is 14.6 Å². The molecule has 0 aliphatic carbocycles. The molecule has 7 nitrogen and oxygen atoms in total. The third-order valence-electron chi connectivity index (χ3n) is 6.29. The number of rotatable bonds is 6. The van der Waals surface area contributed by atoms with Crippen molar-refractivity contribution in [2.75, 3.05) is 33.3 Å². The van der Waals surface area contributed by atoms with Gasteiger partial charge in [0.05, 0.1) is 12.8 Å². The standard InChI is InChI=1S/C24H30N4O3/c1-15-5-6-20-18(11-15)19(13-26-20)22(24(29)30)28-9-7-27(8-10-28)14-21-17(3)23(31-4)16(2)12-25-21/h5-6,11-13,22,26H,7-10,14H2,1-4H3,(H,29,30)/t22-/m0/s1. The number of carboxylic acid groups (broad SMARTS) is 1. The summed E-state index contributed by atoms with van der Waals surface area (Å²) in [6.45, 7) is 9.78. The van der Waals surface area contributed by atoms with Crippen molar-refractivity contribution in [2.24, 2.45) is 0 Å². The quantitative estimate of drug-likeness (QED) is 0.633. The second kappa shape index (κ2) is 8.69. The smallest absolute Gasteiger partial charge is 0.325 e. The Morgan fingerprint density at radius 2 is 1.97 bits per heavy atom. The van der Waals surface area contributed by atoms with Gasteiger partial charge in [-0.25, -0.2) is 0 Å². The van der Waals surface area contributed by atoms with Gasteiger partial charge in [-0.3, -0.25) is 19.6 Å². The number of pyridine rings is 1. The topological polar surface area (TPSA) is 81.7 Å². The summed E-state index contributed by atoms with van der Waals surface area (Å²) in [5.74, 6) is 0.0841. The average molecular weight is 423 g/mol. The number of carboxylic acids is 1. The SMILES string of the molecule is COc1c(C)cnc(CN2CCN([C@H](C(=O)O)c3c[nH]c4ccc(C)cc34)CC2)c1C. The molecule has 0 spiro atoms. The van der Waals surface area contributed by atoms with Crippen LogP contribution in [0, 0.1) is 20.8 Å². The number of aromatic nitrogens is 2. The molecule has 0 amide bonds. The van der Waals surface area contributed by atoms with Gasteiger partial charge in [-0.05, 0) is 32.9 Å². The molecular weight excluding hydrogens is 392 g/mol. The van der Waals surface area contributed by atoms with Crippen LogP contribution >= 0.6 is 0 Å². The van der Waals surface area contributed by atoms with Crippen LogP contribution in [-0.2, 0) is 11.3 Å². The van der Waals surface area contributed by atoms with Crippen LogP contribution in [0.2, 0.25) is 0 Å². The Balaban J connectivity index is 1.49. The molecule has 3 heterocycles. The van der Waals surface area contributed by atoms with Crippen LogP contribution in [0.1, 0.15) is 34.0 Å². The van der Waals surface area contributed by atoms with Crippen LogP contribution in [0.15, 0.2) is 30.6 Å². The number of methoxy groups -OCH3 is 1. The number of hydrogen-bond acceptors (Lipinski definition) is 5. The fourth-order valence-corrected chi connectivity index (χ4v) is 4.59. The van der Waals surface area contributed by atoms with E-state index in [1.807, 2.05) is 45.3 Å². The summed E-state index contributed by atoms with van der Waals surface area (Å²) < 4.78 is 5.53. The predicted octanol–water partition coefficient (Wildman–Crippen LogP) is 3.44. The van der Waals surface area contributed by atoms with Crippen molar-refractivity contribution in [1.82, 2.24) is 19.8 Å². The van der Waals surface area contributed by atoms with Crippen LogP contribution in [0.25, 0.3) is 10.9 Å². The number of fused-ring (bicyclic) bond motifs is 1. The molecule has 1 atom stereocenters. The molecule has 1 aliphatic rings. The minimum absolute atomic E-state index is 0.656. The number of aryl methyl sites for hydroxylation is 2. The van der Waals surface area contributed by atoms with Crippen LogP contribution < -0.4 is 4.74 Å². The fraction of sp³-hybridized carbons (Fsp3) is 0.417. The maximum Gasteiger partial charge on any atom is 0.325 e. The fourth-order valence-electron chi connectivity index (χ4n) is 4.59. The Labute approximate surface area is 182 Å². The summed E-state index contributed by atoms with van der Waals surface area (Å²) in [5.41, 5.74) is 6.05. The van der Waals surface area contributed by atoms with E-state index in [-0.39, 0.29) is 0 Å². The first-order chi connectivity index (χ1) is 14.9. The molecule has 1 aromatic carbocycles. The third-order valence-corrected chi connectivity index (χ3v) is 6.29. The van der Waals surface area contributed by atoms with Gasteiger partial charge in [-0.2, -0.15) is 0 Å². The van der Waals surface area contributed by atoms with Gasteiger partial charge >= 0.3 is 5.97 Å². The second-order valence-electron chi connectivity index (χ2n) is 8.39. The van der Waals surface area contributed by atoms with Crippen molar-refractivity contribution in [2.45, 2.75) is 33.4 Å². The van der Waals surface area contributed by atoms with Crippen molar-refractivity contribution in [1.29, 1.82) is 0 Å². The van der Waals surface area contributed by atoms with E-state index in [0.29, 0.717) is 13.1 Å². The summed E-state index contributed by atoms with van der Waals surface area (Å²) in [6, 6.07) is 5.45. The first kappa shape index (κ1) is 21.3. The monoisotopic (exact) mass is 422 g/mol. The van der Waals surface area contributed by atoms with Crippen molar-refractivity contribution in [3.8, 4) is 5.75 Å². The first-order valence-electron chi connectivity index (χ1n) is 10.6. The Kier molecular flexibility index (Phi) is 5.98. The third kappa shape index (κ3) is 4.16. The summed E-state index contributed by atoms with van der Waals surface area (Å²) in [7, 11) is 1.69. The number of aromatic amines is 1. The summed E-state index contributed by atoms with van der Waals surface area (Å²) in [5, 5.41) is 11.0. The zero-order chi connectivity index (χ0) is 22.1. The molecule has 0 bridgehead atoms. The number of piperazine rings is 1.